The van der Waals surface area contributed by atoms with Crippen LogP contribution in [-0.4, -0.2) is 42.9 Å². The Morgan fingerprint density at radius 3 is 2.76 bits per heavy atom. The number of hydrogen-bond donors (Lipinski definition) is 1. The number of hydrogen-bond acceptors (Lipinski definition) is 5. The van der Waals surface area contributed by atoms with Crippen molar-refractivity contribution in [3.8, 4) is 22.8 Å². The molecule has 0 aliphatic heterocycles. The van der Waals surface area contributed by atoms with Crippen LogP contribution in [0.4, 0.5) is 0 Å². The topological polar surface area (TPSA) is 78.0 Å². The van der Waals surface area contributed by atoms with Crippen molar-refractivity contribution in [2.75, 3.05) is 13.2 Å². The van der Waals surface area contributed by atoms with Crippen molar-refractivity contribution < 1.29 is 9.84 Å². The minimum Gasteiger partial charge on any atom is -0.491 e. The van der Waals surface area contributed by atoms with Crippen LogP contribution in [0.15, 0.2) is 54.9 Å². The maximum atomic E-state index is 8.83. The first-order valence-corrected chi connectivity index (χ1v) is 7.94. The number of aromatic nitrogens is 5. The Morgan fingerprint density at radius 2 is 1.96 bits per heavy atom. The fraction of sp³-hybridized carbons (Fsp3) is 0.167. The molecule has 0 fully saturated rings. The van der Waals surface area contributed by atoms with Crippen LogP contribution in [-0.2, 0) is 7.05 Å². The van der Waals surface area contributed by atoms with Gasteiger partial charge in [0.25, 0.3) is 0 Å². The molecule has 2 aromatic heterocycles. The Hall–Kier alpha value is -3.19. The zero-order valence-electron chi connectivity index (χ0n) is 13.7. The lowest BCUT2D eigenvalue weighted by atomic mass is 10.2. The first kappa shape index (κ1) is 15.3. The standard InChI is InChI=1S/C18H17N5O2/c1-22-15-3-2-4-16(17(15)20-21-22)23-10-9-19-18(23)13-5-7-14(8-6-13)25-12-11-24/h2-10,24H,11-12H2,1H3. The minimum absolute atomic E-state index is 0.00568. The molecule has 0 saturated carbocycles. The molecule has 0 saturated heterocycles. The van der Waals surface area contributed by atoms with Gasteiger partial charge in [0.2, 0.25) is 0 Å². The predicted molar refractivity (Wildman–Crippen MR) is 93.6 cm³/mol. The third-order valence-electron chi connectivity index (χ3n) is 3.99. The summed E-state index contributed by atoms with van der Waals surface area (Å²) < 4.78 is 9.16. The van der Waals surface area contributed by atoms with Gasteiger partial charge in [-0.25, -0.2) is 9.67 Å². The molecule has 0 atom stereocenters. The number of aryl methyl sites for hydroxylation is 1. The lowest BCUT2D eigenvalue weighted by Gasteiger charge is -2.09. The summed E-state index contributed by atoms with van der Waals surface area (Å²) in [6.07, 6.45) is 3.68. The average Bonchev–Trinajstić information content (AvgIpc) is 3.28. The van der Waals surface area contributed by atoms with Crippen molar-refractivity contribution in [3.05, 3.63) is 54.9 Å². The highest BCUT2D eigenvalue weighted by atomic mass is 16.5. The van der Waals surface area contributed by atoms with Gasteiger partial charge in [-0.05, 0) is 36.4 Å². The second-order valence-corrected chi connectivity index (χ2v) is 5.58. The Kier molecular flexibility index (Phi) is 3.91. The van der Waals surface area contributed by atoms with E-state index < -0.39 is 0 Å². The first-order chi connectivity index (χ1) is 12.3. The summed E-state index contributed by atoms with van der Waals surface area (Å²) in [4.78, 5) is 4.50. The predicted octanol–water partition coefficient (Wildman–Crippen LogP) is 2.19. The van der Waals surface area contributed by atoms with Gasteiger partial charge < -0.3 is 9.84 Å². The van der Waals surface area contributed by atoms with Gasteiger partial charge in [0.05, 0.1) is 17.8 Å². The van der Waals surface area contributed by atoms with Crippen LogP contribution in [0, 0.1) is 0 Å². The first-order valence-electron chi connectivity index (χ1n) is 7.94. The van der Waals surface area contributed by atoms with Crippen LogP contribution in [0.3, 0.4) is 0 Å². The van der Waals surface area contributed by atoms with E-state index in [0.29, 0.717) is 5.75 Å². The van der Waals surface area contributed by atoms with Crippen LogP contribution in [0.1, 0.15) is 0 Å². The number of benzene rings is 2. The van der Waals surface area contributed by atoms with Crippen molar-refractivity contribution in [3.63, 3.8) is 0 Å². The molecule has 0 spiro atoms. The van der Waals surface area contributed by atoms with Crippen molar-refractivity contribution in [1.82, 2.24) is 24.5 Å². The van der Waals surface area contributed by atoms with Gasteiger partial charge in [0.1, 0.15) is 23.7 Å². The molecule has 7 nitrogen and oxygen atoms in total. The van der Waals surface area contributed by atoms with E-state index in [-0.39, 0.29) is 13.2 Å². The molecule has 0 radical (unpaired) electrons. The number of fused-ring (bicyclic) bond motifs is 1. The van der Waals surface area contributed by atoms with Gasteiger partial charge in [-0.1, -0.05) is 11.3 Å². The Labute approximate surface area is 144 Å². The molecule has 126 valence electrons. The lowest BCUT2D eigenvalue weighted by Crippen LogP contribution is -2.01. The summed E-state index contributed by atoms with van der Waals surface area (Å²) in [5.74, 6) is 1.53. The molecular weight excluding hydrogens is 318 g/mol. The minimum atomic E-state index is -0.00568. The van der Waals surface area contributed by atoms with Gasteiger partial charge in [-0.15, -0.1) is 5.10 Å². The molecule has 4 aromatic rings. The van der Waals surface area contributed by atoms with Crippen molar-refractivity contribution >= 4 is 11.0 Å². The zero-order valence-corrected chi connectivity index (χ0v) is 13.7. The smallest absolute Gasteiger partial charge is 0.144 e. The molecule has 0 amide bonds. The van der Waals surface area contributed by atoms with Crippen LogP contribution in [0.25, 0.3) is 28.1 Å². The summed E-state index contributed by atoms with van der Waals surface area (Å²) in [5, 5.41) is 17.2. The number of nitrogens with zero attached hydrogens (tertiary/aromatic N) is 5. The number of rotatable bonds is 5. The Balaban J connectivity index is 1.75. The summed E-state index contributed by atoms with van der Waals surface area (Å²) in [6, 6.07) is 13.6. The van der Waals surface area contributed by atoms with Gasteiger partial charge in [0.15, 0.2) is 0 Å². The Bertz CT molecular complexity index is 1000. The highest BCUT2D eigenvalue weighted by Crippen LogP contribution is 2.27. The summed E-state index contributed by atoms with van der Waals surface area (Å²) >= 11 is 0. The van der Waals surface area contributed by atoms with Crippen LogP contribution >= 0.6 is 0 Å². The summed E-state index contributed by atoms with van der Waals surface area (Å²) in [5.41, 5.74) is 3.68. The molecule has 2 aromatic carbocycles. The average molecular weight is 335 g/mol. The van der Waals surface area contributed by atoms with E-state index in [9.17, 15) is 0 Å². The third kappa shape index (κ3) is 2.74. The second-order valence-electron chi connectivity index (χ2n) is 5.58. The Morgan fingerprint density at radius 1 is 1.12 bits per heavy atom. The van der Waals surface area contributed by atoms with Crippen LogP contribution in [0.2, 0.25) is 0 Å². The van der Waals surface area contributed by atoms with E-state index in [2.05, 4.69) is 15.3 Å². The molecular formula is C18H17N5O2. The van der Waals surface area contributed by atoms with Crippen LogP contribution < -0.4 is 4.74 Å². The highest BCUT2D eigenvalue weighted by molar-refractivity contribution is 5.84. The molecule has 1 N–H and O–H groups in total. The fourth-order valence-corrected chi connectivity index (χ4v) is 2.81. The number of aliphatic hydroxyl groups is 1. The maximum absolute atomic E-state index is 8.83. The largest absolute Gasteiger partial charge is 0.491 e. The zero-order chi connectivity index (χ0) is 17.2. The van der Waals surface area contributed by atoms with E-state index in [0.717, 1.165) is 28.1 Å². The van der Waals surface area contributed by atoms with E-state index in [1.807, 2.05) is 60.3 Å². The van der Waals surface area contributed by atoms with Gasteiger partial charge in [-0.2, -0.15) is 0 Å². The van der Waals surface area contributed by atoms with Crippen molar-refractivity contribution in [1.29, 1.82) is 0 Å². The second kappa shape index (κ2) is 6.37. The van der Waals surface area contributed by atoms with E-state index in [1.165, 1.54) is 0 Å². The molecule has 0 aliphatic carbocycles. The fourth-order valence-electron chi connectivity index (χ4n) is 2.81. The third-order valence-corrected chi connectivity index (χ3v) is 3.99. The molecule has 25 heavy (non-hydrogen) atoms. The maximum Gasteiger partial charge on any atom is 0.144 e. The monoisotopic (exact) mass is 335 g/mol. The molecule has 0 aliphatic rings. The SMILES string of the molecule is Cn1nnc2c(-n3ccnc3-c3ccc(OCCO)cc3)cccc21. The molecule has 7 heteroatoms. The lowest BCUT2D eigenvalue weighted by molar-refractivity contribution is 0.201. The number of aliphatic hydroxyl groups excluding tert-OH is 1. The van der Waals surface area contributed by atoms with E-state index in [4.69, 9.17) is 9.84 Å². The number of ether oxygens (including phenoxy) is 1. The summed E-state index contributed by atoms with van der Waals surface area (Å²) in [7, 11) is 1.87. The van der Waals surface area contributed by atoms with Gasteiger partial charge in [-0.3, -0.25) is 4.57 Å². The van der Waals surface area contributed by atoms with Gasteiger partial charge >= 0.3 is 0 Å². The van der Waals surface area contributed by atoms with E-state index >= 15 is 0 Å². The molecule has 2 heterocycles. The highest BCUT2D eigenvalue weighted by Gasteiger charge is 2.13. The summed E-state index contributed by atoms with van der Waals surface area (Å²) in [6.45, 7) is 0.275. The quantitative estimate of drug-likeness (QED) is 0.605. The normalized spacial score (nSPS) is 11.1. The van der Waals surface area contributed by atoms with Crippen LogP contribution in [0.5, 0.6) is 5.75 Å². The van der Waals surface area contributed by atoms with Crippen molar-refractivity contribution in [2.45, 2.75) is 0 Å². The molecule has 4 rings (SSSR count). The molecule has 0 bridgehead atoms. The van der Waals surface area contributed by atoms with Gasteiger partial charge in [0, 0.05) is 25.0 Å². The van der Waals surface area contributed by atoms with Crippen molar-refractivity contribution in [2.24, 2.45) is 7.05 Å². The molecule has 0 unspecified atom stereocenters. The number of imidazole rings is 1. The van der Waals surface area contributed by atoms with E-state index in [1.54, 1.807) is 10.9 Å².